The van der Waals surface area contributed by atoms with E-state index in [4.69, 9.17) is 11.6 Å². The van der Waals surface area contributed by atoms with Gasteiger partial charge in [-0.15, -0.1) is 0 Å². The van der Waals surface area contributed by atoms with Crippen molar-refractivity contribution in [2.45, 2.75) is 27.7 Å². The van der Waals surface area contributed by atoms with E-state index in [1.807, 2.05) is 27.7 Å². The van der Waals surface area contributed by atoms with E-state index in [1.54, 1.807) is 0 Å². The summed E-state index contributed by atoms with van der Waals surface area (Å²) in [6, 6.07) is 1.11. The first-order valence-electron chi connectivity index (χ1n) is 5.98. The van der Waals surface area contributed by atoms with Crippen LogP contribution in [0.25, 0.3) is 0 Å². The third kappa shape index (κ3) is 4.82. The largest absolute Gasteiger partial charge is 0.401 e. The zero-order chi connectivity index (χ0) is 15.2. The van der Waals surface area contributed by atoms with Crippen LogP contribution in [0, 0.1) is 23.4 Å². The number of rotatable bonds is 3. The summed E-state index contributed by atoms with van der Waals surface area (Å²) in [7, 11) is 0. The summed E-state index contributed by atoms with van der Waals surface area (Å²) in [4.78, 5) is 0. The Labute approximate surface area is 111 Å². The summed E-state index contributed by atoms with van der Waals surface area (Å²) in [6.07, 6.45) is 1.26. The molecule has 0 saturated heterocycles. The van der Waals surface area contributed by atoms with Crippen molar-refractivity contribution in [1.82, 2.24) is 0 Å². The molecule has 0 aliphatic carbocycles. The molecule has 0 unspecified atom stereocenters. The fourth-order valence-electron chi connectivity index (χ4n) is 1.09. The lowest BCUT2D eigenvalue weighted by Gasteiger charge is -2.17. The normalized spacial score (nSPS) is 11.1. The van der Waals surface area contributed by atoms with Gasteiger partial charge in [-0.25, -0.2) is 19.0 Å². The fraction of sp³-hybridized carbons (Fsp3) is 0.385. The summed E-state index contributed by atoms with van der Waals surface area (Å²) < 4.78 is 39.0. The second kappa shape index (κ2) is 7.68. The van der Waals surface area contributed by atoms with Crippen LogP contribution in [0.3, 0.4) is 0 Å². The molecule has 0 fully saturated rings. The zero-order valence-electron chi connectivity index (χ0n) is 11.5. The maximum absolute atomic E-state index is 13.3. The molecular weight excluding hydrogens is 255 g/mol. The van der Waals surface area contributed by atoms with Crippen molar-refractivity contribution < 1.29 is 13.2 Å². The number of allylic oxidation sites excluding steroid dienone is 1. The van der Waals surface area contributed by atoms with Gasteiger partial charge in [0.1, 0.15) is 0 Å². The molecule has 1 aromatic rings. The highest BCUT2D eigenvalue weighted by atomic mass is 19.2. The van der Waals surface area contributed by atoms with E-state index in [0.717, 1.165) is 5.01 Å². The fourth-order valence-corrected chi connectivity index (χ4v) is 1.09. The minimum Gasteiger partial charge on any atom is -0.401 e. The van der Waals surface area contributed by atoms with E-state index >= 15 is 0 Å². The predicted octanol–water partition coefficient (Wildman–Crippen LogP) is 3.27. The van der Waals surface area contributed by atoms with E-state index in [1.165, 1.54) is 6.20 Å². The van der Waals surface area contributed by atoms with Crippen LogP contribution in [0.5, 0.6) is 0 Å². The second-order valence-corrected chi connectivity index (χ2v) is 3.91. The Bertz CT molecular complexity index is 445. The lowest BCUT2D eigenvalue weighted by molar-refractivity contribution is 0.495. The number of benzene rings is 1. The Morgan fingerprint density at radius 3 is 2.05 bits per heavy atom. The number of halogens is 3. The molecule has 0 bridgehead atoms. The molecule has 4 N–H and O–H groups in total. The Kier molecular flexibility index (Phi) is 7.00. The van der Waals surface area contributed by atoms with E-state index in [0.29, 0.717) is 17.8 Å². The smallest absolute Gasteiger partial charge is 0.161 e. The highest BCUT2D eigenvalue weighted by Crippen LogP contribution is 2.21. The van der Waals surface area contributed by atoms with Crippen molar-refractivity contribution in [3.63, 3.8) is 0 Å². The molecule has 1 rings (SSSR count). The van der Waals surface area contributed by atoms with E-state index in [-0.39, 0.29) is 11.6 Å². The quantitative estimate of drug-likeness (QED) is 0.505. The Morgan fingerprint density at radius 2 is 1.58 bits per heavy atom. The van der Waals surface area contributed by atoms with Crippen LogP contribution in [0.15, 0.2) is 24.0 Å². The van der Waals surface area contributed by atoms with Crippen LogP contribution in [-0.4, -0.2) is 0 Å². The van der Waals surface area contributed by atoms with Gasteiger partial charge in [0.05, 0.1) is 5.69 Å². The highest BCUT2D eigenvalue weighted by Gasteiger charge is 2.13. The Balaban J connectivity index is 0.00000154. The molecule has 3 nitrogen and oxygen atoms in total. The molecule has 0 amide bonds. The van der Waals surface area contributed by atoms with Crippen molar-refractivity contribution in [2.24, 2.45) is 17.5 Å². The summed E-state index contributed by atoms with van der Waals surface area (Å²) in [5, 5.41) is 0.827. The molecule has 0 aliphatic rings. The number of nitrogens with two attached hydrogens (primary N) is 2. The number of hydrogen-bond donors (Lipinski definition) is 2. The van der Waals surface area contributed by atoms with Gasteiger partial charge in [-0.1, -0.05) is 27.7 Å². The summed E-state index contributed by atoms with van der Waals surface area (Å²) >= 11 is 0. The molecule has 0 aromatic heterocycles. The number of hydrogen-bond acceptors (Lipinski definition) is 3. The van der Waals surface area contributed by atoms with Crippen LogP contribution in [0.4, 0.5) is 18.9 Å². The lowest BCUT2D eigenvalue weighted by atomic mass is 10.1. The summed E-state index contributed by atoms with van der Waals surface area (Å²) in [5.74, 6) is 2.11. The summed E-state index contributed by atoms with van der Waals surface area (Å²) in [5.41, 5.74) is 5.74. The second-order valence-electron chi connectivity index (χ2n) is 3.91. The first kappa shape index (κ1) is 17.3. The predicted molar refractivity (Wildman–Crippen MR) is 71.4 cm³/mol. The van der Waals surface area contributed by atoms with Crippen LogP contribution in [-0.2, 0) is 0 Å². The van der Waals surface area contributed by atoms with E-state index < -0.39 is 17.5 Å². The molecular formula is C13H20F3N3. The molecule has 0 spiro atoms. The summed E-state index contributed by atoms with van der Waals surface area (Å²) in [6.45, 7) is 7.64. The van der Waals surface area contributed by atoms with Crippen LogP contribution in [0.2, 0.25) is 0 Å². The standard InChI is InChI=1S/C11H14F3N3.C2H6/c1-6(2)10(15)5-17(16)11-4-8(13)7(12)3-9(11)14;1-2/h3-6H,15-16H2,1-2H3;1-2H3/b10-5-;. The van der Waals surface area contributed by atoms with Crippen molar-refractivity contribution in [3.05, 3.63) is 41.5 Å². The maximum atomic E-state index is 13.3. The van der Waals surface area contributed by atoms with E-state index in [9.17, 15) is 13.2 Å². The Hall–Kier alpha value is -1.69. The molecule has 0 saturated carbocycles. The van der Waals surface area contributed by atoms with Gasteiger partial charge in [-0.3, -0.25) is 5.01 Å². The van der Waals surface area contributed by atoms with Gasteiger partial charge in [0.15, 0.2) is 17.5 Å². The molecule has 0 atom stereocenters. The first-order valence-corrected chi connectivity index (χ1v) is 5.98. The average Bonchev–Trinajstić information content (AvgIpc) is 2.35. The van der Waals surface area contributed by atoms with Gasteiger partial charge in [0.2, 0.25) is 0 Å². The number of hydrazine groups is 1. The highest BCUT2D eigenvalue weighted by molar-refractivity contribution is 5.49. The van der Waals surface area contributed by atoms with Crippen LogP contribution in [0.1, 0.15) is 27.7 Å². The molecule has 19 heavy (non-hydrogen) atoms. The van der Waals surface area contributed by atoms with Gasteiger partial charge in [-0.05, 0) is 5.92 Å². The number of nitrogens with zero attached hydrogens (tertiary/aromatic N) is 1. The van der Waals surface area contributed by atoms with Gasteiger partial charge < -0.3 is 5.73 Å². The first-order chi connectivity index (χ1) is 8.82. The van der Waals surface area contributed by atoms with Crippen LogP contribution < -0.4 is 16.6 Å². The molecule has 1 aromatic carbocycles. The van der Waals surface area contributed by atoms with Crippen molar-refractivity contribution in [3.8, 4) is 0 Å². The molecule has 6 heteroatoms. The van der Waals surface area contributed by atoms with Gasteiger partial charge in [0, 0.05) is 24.0 Å². The molecule has 108 valence electrons. The van der Waals surface area contributed by atoms with Gasteiger partial charge >= 0.3 is 0 Å². The van der Waals surface area contributed by atoms with Crippen LogP contribution >= 0.6 is 0 Å². The van der Waals surface area contributed by atoms with E-state index in [2.05, 4.69) is 0 Å². The third-order valence-electron chi connectivity index (χ3n) is 2.22. The monoisotopic (exact) mass is 275 g/mol. The van der Waals surface area contributed by atoms with Gasteiger partial charge in [0.25, 0.3) is 0 Å². The minimum atomic E-state index is -1.26. The SMILES string of the molecule is CC.CC(C)/C(N)=C/N(N)c1cc(F)c(F)cc1F. The molecule has 0 aliphatic heterocycles. The molecule has 0 radical (unpaired) electrons. The maximum Gasteiger partial charge on any atom is 0.161 e. The minimum absolute atomic E-state index is 0.00871. The lowest BCUT2D eigenvalue weighted by Crippen LogP contribution is -2.28. The third-order valence-corrected chi connectivity index (χ3v) is 2.22. The van der Waals surface area contributed by atoms with Gasteiger partial charge in [-0.2, -0.15) is 0 Å². The number of anilines is 1. The zero-order valence-corrected chi connectivity index (χ0v) is 11.5. The molecule has 0 heterocycles. The average molecular weight is 275 g/mol. The van der Waals surface area contributed by atoms with Crippen molar-refractivity contribution in [2.75, 3.05) is 5.01 Å². The van der Waals surface area contributed by atoms with Crippen molar-refractivity contribution >= 4 is 5.69 Å². The van der Waals surface area contributed by atoms with Crippen molar-refractivity contribution in [1.29, 1.82) is 0 Å². The topological polar surface area (TPSA) is 55.3 Å². The Morgan fingerprint density at radius 1 is 1.11 bits per heavy atom.